The van der Waals surface area contributed by atoms with Gasteiger partial charge in [-0.15, -0.1) is 0 Å². The topological polar surface area (TPSA) is 0 Å². The second kappa shape index (κ2) is 1.93. The minimum atomic E-state index is 0.622. The Balaban J connectivity index is 2.00. The zero-order valence-corrected chi connectivity index (χ0v) is 10.8. The molecule has 84 valence electrons. The Morgan fingerprint density at radius 1 is 0.867 bits per heavy atom. The molecule has 0 radical (unpaired) electrons. The van der Waals surface area contributed by atoms with E-state index in [9.17, 15) is 0 Å². The predicted octanol–water partition coefficient (Wildman–Crippen LogP) is 3.96. The first-order chi connectivity index (χ1) is 6.87. The van der Waals surface area contributed by atoms with Gasteiger partial charge in [0, 0.05) is 0 Å². The average Bonchev–Trinajstić information content (AvgIpc) is 2.39. The molecule has 7 unspecified atom stereocenters. The smallest absolute Gasteiger partial charge is 0.0181 e. The van der Waals surface area contributed by atoms with Crippen LogP contribution in [-0.4, -0.2) is 0 Å². The molecule has 5 rings (SSSR count). The number of hydrogen-bond acceptors (Lipinski definition) is 0. The molecule has 7 atom stereocenters. The van der Waals surface area contributed by atoms with Crippen molar-refractivity contribution < 1.29 is 0 Å². The van der Waals surface area contributed by atoms with Gasteiger partial charge in [0.05, 0.1) is 0 Å². The maximum absolute atomic E-state index is 2.63. The van der Waals surface area contributed by atoms with Crippen LogP contribution in [0.3, 0.4) is 0 Å². The molecule has 6 bridgehead atoms. The van der Waals surface area contributed by atoms with E-state index in [1.807, 2.05) is 0 Å². The van der Waals surface area contributed by atoms with Crippen molar-refractivity contribution in [3.05, 3.63) is 0 Å². The maximum Gasteiger partial charge on any atom is -0.0181 e. The van der Waals surface area contributed by atoms with E-state index >= 15 is 0 Å². The van der Waals surface area contributed by atoms with Crippen LogP contribution in [0.15, 0.2) is 0 Å². The molecule has 5 fully saturated rings. The molecule has 0 amide bonds. The molecule has 5 aliphatic carbocycles. The van der Waals surface area contributed by atoms with Crippen molar-refractivity contribution in [1.29, 1.82) is 0 Å². The van der Waals surface area contributed by atoms with Crippen LogP contribution in [0.4, 0.5) is 0 Å². The summed E-state index contributed by atoms with van der Waals surface area (Å²) in [5.41, 5.74) is 1.98. The molecule has 5 aliphatic rings. The molecular formula is C15H24. The van der Waals surface area contributed by atoms with Crippen molar-refractivity contribution in [2.24, 2.45) is 45.8 Å². The zero-order chi connectivity index (χ0) is 10.8. The Labute approximate surface area is 93.8 Å². The van der Waals surface area contributed by atoms with E-state index in [4.69, 9.17) is 0 Å². The van der Waals surface area contributed by atoms with Crippen molar-refractivity contribution in [1.82, 2.24) is 0 Å². The Kier molecular flexibility index (Phi) is 1.17. The predicted molar refractivity (Wildman–Crippen MR) is 62.4 cm³/mol. The lowest BCUT2D eigenvalue weighted by atomic mass is 9.34. The van der Waals surface area contributed by atoms with Crippen LogP contribution in [0.1, 0.15) is 47.5 Å². The third-order valence-corrected chi connectivity index (χ3v) is 8.52. The third kappa shape index (κ3) is 0.524. The van der Waals surface area contributed by atoms with E-state index < -0.39 is 0 Å². The summed E-state index contributed by atoms with van der Waals surface area (Å²) in [6.45, 7) is 13.0. The van der Waals surface area contributed by atoms with E-state index in [1.165, 1.54) is 0 Å². The lowest BCUT2D eigenvalue weighted by Gasteiger charge is -2.70. The lowest BCUT2D eigenvalue weighted by molar-refractivity contribution is -0.231. The maximum atomic E-state index is 2.63. The third-order valence-electron chi connectivity index (χ3n) is 8.52. The van der Waals surface area contributed by atoms with Crippen LogP contribution in [0.2, 0.25) is 0 Å². The molecule has 0 heteroatoms. The first-order valence-corrected chi connectivity index (χ1v) is 6.87. The van der Waals surface area contributed by atoms with Crippen LogP contribution >= 0.6 is 0 Å². The minimum absolute atomic E-state index is 0.622. The van der Waals surface area contributed by atoms with Gasteiger partial charge < -0.3 is 0 Å². The summed E-state index contributed by atoms with van der Waals surface area (Å²) >= 11 is 0. The van der Waals surface area contributed by atoms with Gasteiger partial charge in [-0.3, -0.25) is 0 Å². The van der Waals surface area contributed by atoms with Gasteiger partial charge in [0.2, 0.25) is 0 Å². The summed E-state index contributed by atoms with van der Waals surface area (Å²) in [5.74, 6) is 5.31. The van der Waals surface area contributed by atoms with Gasteiger partial charge in [0.1, 0.15) is 0 Å². The van der Waals surface area contributed by atoms with Crippen molar-refractivity contribution in [2.75, 3.05) is 0 Å². The largest absolute Gasteiger partial charge is 0.0617 e. The fourth-order valence-electron chi connectivity index (χ4n) is 7.42. The van der Waals surface area contributed by atoms with Crippen LogP contribution in [0, 0.1) is 45.8 Å². The molecular weight excluding hydrogens is 180 g/mol. The van der Waals surface area contributed by atoms with Gasteiger partial charge in [0.25, 0.3) is 0 Å². The SMILES string of the molecule is CC1C2CC3C4CC2C(C)(C)C4(C)C13C. The second-order valence-corrected chi connectivity index (χ2v) is 7.95. The Hall–Kier alpha value is 0. The molecule has 0 spiro atoms. The van der Waals surface area contributed by atoms with Crippen LogP contribution < -0.4 is 0 Å². The molecule has 0 aliphatic heterocycles. The first kappa shape index (κ1) is 9.07. The lowest BCUT2D eigenvalue weighted by Crippen LogP contribution is -2.66. The van der Waals surface area contributed by atoms with E-state index in [2.05, 4.69) is 34.6 Å². The van der Waals surface area contributed by atoms with Gasteiger partial charge in [-0.1, -0.05) is 34.6 Å². The fourth-order valence-corrected chi connectivity index (χ4v) is 7.42. The summed E-state index contributed by atoms with van der Waals surface area (Å²) in [6.07, 6.45) is 3.14. The van der Waals surface area contributed by atoms with Crippen LogP contribution in [-0.2, 0) is 0 Å². The van der Waals surface area contributed by atoms with Crippen molar-refractivity contribution in [2.45, 2.75) is 47.5 Å². The molecule has 0 N–H and O–H groups in total. The monoisotopic (exact) mass is 204 g/mol. The molecule has 0 aromatic carbocycles. The first-order valence-electron chi connectivity index (χ1n) is 6.87. The zero-order valence-electron chi connectivity index (χ0n) is 10.8. The van der Waals surface area contributed by atoms with Crippen LogP contribution in [0.25, 0.3) is 0 Å². The van der Waals surface area contributed by atoms with Gasteiger partial charge in [-0.2, -0.15) is 0 Å². The van der Waals surface area contributed by atoms with E-state index in [0.29, 0.717) is 16.2 Å². The molecule has 0 aromatic heterocycles. The molecule has 15 heavy (non-hydrogen) atoms. The van der Waals surface area contributed by atoms with E-state index in [-0.39, 0.29) is 0 Å². The Bertz CT molecular complexity index is 349. The quantitative estimate of drug-likeness (QED) is 0.560. The summed E-state index contributed by atoms with van der Waals surface area (Å²) in [6, 6.07) is 0. The average molecular weight is 204 g/mol. The summed E-state index contributed by atoms with van der Waals surface area (Å²) in [5, 5.41) is 0. The van der Waals surface area contributed by atoms with Gasteiger partial charge in [-0.25, -0.2) is 0 Å². The van der Waals surface area contributed by atoms with Gasteiger partial charge in [0.15, 0.2) is 0 Å². The Morgan fingerprint density at radius 3 is 2.20 bits per heavy atom. The number of hydrogen-bond donors (Lipinski definition) is 0. The Morgan fingerprint density at radius 2 is 1.53 bits per heavy atom. The molecule has 0 aromatic rings. The van der Waals surface area contributed by atoms with Crippen molar-refractivity contribution in [3.8, 4) is 0 Å². The molecule has 5 saturated carbocycles. The highest BCUT2D eigenvalue weighted by molar-refractivity contribution is 5.32. The summed E-state index contributed by atoms with van der Waals surface area (Å²) in [4.78, 5) is 0. The molecule has 0 saturated heterocycles. The van der Waals surface area contributed by atoms with E-state index in [1.54, 1.807) is 12.8 Å². The van der Waals surface area contributed by atoms with Gasteiger partial charge >= 0.3 is 0 Å². The van der Waals surface area contributed by atoms with Crippen molar-refractivity contribution >= 4 is 0 Å². The van der Waals surface area contributed by atoms with E-state index in [0.717, 1.165) is 29.6 Å². The van der Waals surface area contributed by atoms with Crippen molar-refractivity contribution in [3.63, 3.8) is 0 Å². The normalized spacial score (nSPS) is 72.2. The minimum Gasteiger partial charge on any atom is -0.0617 e. The highest BCUT2D eigenvalue weighted by Crippen LogP contribution is 2.90. The molecule has 0 heterocycles. The summed E-state index contributed by atoms with van der Waals surface area (Å²) < 4.78 is 0. The van der Waals surface area contributed by atoms with Gasteiger partial charge in [-0.05, 0) is 58.7 Å². The highest BCUT2D eigenvalue weighted by Gasteiger charge is 2.85. The number of rotatable bonds is 0. The summed E-state index contributed by atoms with van der Waals surface area (Å²) in [7, 11) is 0. The molecule has 0 nitrogen and oxygen atoms in total. The fraction of sp³-hybridized carbons (Fsp3) is 1.00. The van der Waals surface area contributed by atoms with Crippen LogP contribution in [0.5, 0.6) is 0 Å². The second-order valence-electron chi connectivity index (χ2n) is 7.95. The standard InChI is InChI=1S/C15H24/c1-8-9-6-11-12-7-10(9)13(2,3)15(12,5)14(8,11)4/h8-12H,6-7H2,1-5H3. The highest BCUT2D eigenvalue weighted by atomic mass is 14.9.